The molecule has 0 aromatic heterocycles. The number of nitrogens with one attached hydrogen (secondary N) is 1. The molecule has 2 amide bonds. The molecule has 0 bridgehead atoms. The lowest BCUT2D eigenvalue weighted by molar-refractivity contribution is -0.124. The molecule has 0 spiro atoms. The van der Waals surface area contributed by atoms with Crippen molar-refractivity contribution in [2.24, 2.45) is 5.92 Å². The van der Waals surface area contributed by atoms with Crippen LogP contribution in [0, 0.1) is 11.7 Å². The number of benzene rings is 1. The predicted octanol–water partition coefficient (Wildman–Crippen LogP) is 2.52. The van der Waals surface area contributed by atoms with Gasteiger partial charge in [0.05, 0.1) is 11.4 Å². The highest BCUT2D eigenvalue weighted by Crippen LogP contribution is 2.28. The van der Waals surface area contributed by atoms with Gasteiger partial charge in [0.15, 0.2) is 0 Å². The summed E-state index contributed by atoms with van der Waals surface area (Å²) >= 11 is 7.20. The van der Waals surface area contributed by atoms with Crippen molar-refractivity contribution < 1.29 is 14.0 Å². The van der Waals surface area contributed by atoms with E-state index in [0.29, 0.717) is 24.1 Å². The molecule has 2 fully saturated rings. The molecule has 1 heterocycles. The average molecular weight is 343 g/mol. The molecular formula is C15H16ClFN2O2S. The molecule has 2 aliphatic rings. The minimum absolute atomic E-state index is 0.0492. The number of halogens is 2. The van der Waals surface area contributed by atoms with Crippen LogP contribution in [-0.2, 0) is 4.79 Å². The summed E-state index contributed by atoms with van der Waals surface area (Å²) in [6.07, 6.45) is 2.30. The summed E-state index contributed by atoms with van der Waals surface area (Å²) in [5.41, 5.74) is -0.0492. The van der Waals surface area contributed by atoms with E-state index in [1.165, 1.54) is 28.8 Å². The maximum atomic E-state index is 13.9. The van der Waals surface area contributed by atoms with Gasteiger partial charge in [-0.1, -0.05) is 11.6 Å². The van der Waals surface area contributed by atoms with Crippen LogP contribution < -0.4 is 5.32 Å². The van der Waals surface area contributed by atoms with Crippen LogP contribution >= 0.6 is 23.4 Å². The molecule has 1 aromatic rings. The number of amides is 2. The van der Waals surface area contributed by atoms with Gasteiger partial charge >= 0.3 is 0 Å². The number of hydrogen-bond acceptors (Lipinski definition) is 3. The quantitative estimate of drug-likeness (QED) is 0.914. The largest absolute Gasteiger partial charge is 0.354 e. The normalized spacial score (nSPS) is 21.0. The Morgan fingerprint density at radius 3 is 2.86 bits per heavy atom. The number of carbonyl (C=O) groups is 2. The van der Waals surface area contributed by atoms with Crippen molar-refractivity contribution in [3.05, 3.63) is 34.6 Å². The summed E-state index contributed by atoms with van der Waals surface area (Å²) in [6, 6.07) is 3.41. The van der Waals surface area contributed by atoms with Gasteiger partial charge < -0.3 is 10.2 Å². The molecule has 1 atom stereocenters. The van der Waals surface area contributed by atoms with E-state index in [-0.39, 0.29) is 16.5 Å². The van der Waals surface area contributed by atoms with Crippen molar-refractivity contribution in [3.63, 3.8) is 0 Å². The van der Waals surface area contributed by atoms with Crippen molar-refractivity contribution in [2.45, 2.75) is 18.9 Å². The van der Waals surface area contributed by atoms with Crippen LogP contribution in [0.4, 0.5) is 4.39 Å². The summed E-state index contributed by atoms with van der Waals surface area (Å²) in [5.74, 6) is 0.229. The Hall–Kier alpha value is -1.27. The maximum absolute atomic E-state index is 13.9. The topological polar surface area (TPSA) is 49.4 Å². The lowest BCUT2D eigenvalue weighted by atomic mass is 10.1. The standard InChI is InChI=1S/C15H16ClFN2O2S/c16-10-3-4-11(12(17)5-10)15(21)19-8-22-7-13(19)14(20)18-6-9-1-2-9/h3-5,9,13H,1-2,6-8H2,(H,18,20)/t13-/m1/s1. The second kappa shape index (κ2) is 6.46. The van der Waals surface area contributed by atoms with Gasteiger partial charge in [0.25, 0.3) is 5.91 Å². The average Bonchev–Trinajstić information content (AvgIpc) is 3.18. The van der Waals surface area contributed by atoms with E-state index >= 15 is 0 Å². The van der Waals surface area contributed by atoms with Crippen molar-refractivity contribution in [1.29, 1.82) is 0 Å². The Balaban J connectivity index is 1.71. The number of rotatable bonds is 4. The van der Waals surface area contributed by atoms with Crippen LogP contribution in [0.3, 0.4) is 0 Å². The van der Waals surface area contributed by atoms with E-state index in [0.717, 1.165) is 18.9 Å². The molecule has 1 aliphatic heterocycles. The third kappa shape index (κ3) is 3.38. The Labute approximate surface area is 137 Å². The van der Waals surface area contributed by atoms with Crippen molar-refractivity contribution in [3.8, 4) is 0 Å². The smallest absolute Gasteiger partial charge is 0.258 e. The Bertz CT molecular complexity index is 609. The highest BCUT2D eigenvalue weighted by molar-refractivity contribution is 7.99. The van der Waals surface area contributed by atoms with E-state index in [4.69, 9.17) is 11.6 Å². The molecule has 1 saturated heterocycles. The fourth-order valence-corrected chi connectivity index (χ4v) is 3.68. The molecule has 118 valence electrons. The zero-order valence-corrected chi connectivity index (χ0v) is 13.4. The Kier molecular flexibility index (Phi) is 4.59. The van der Waals surface area contributed by atoms with Crippen LogP contribution in [0.25, 0.3) is 0 Å². The third-order valence-corrected chi connectivity index (χ3v) is 5.12. The highest BCUT2D eigenvalue weighted by atomic mass is 35.5. The molecule has 1 N–H and O–H groups in total. The van der Waals surface area contributed by atoms with Crippen LogP contribution in [-0.4, -0.2) is 40.9 Å². The molecule has 0 radical (unpaired) electrons. The molecule has 22 heavy (non-hydrogen) atoms. The number of hydrogen-bond donors (Lipinski definition) is 1. The molecular weight excluding hydrogens is 327 g/mol. The van der Waals surface area contributed by atoms with Crippen molar-refractivity contribution >= 4 is 35.2 Å². The fourth-order valence-electron chi connectivity index (χ4n) is 2.36. The van der Waals surface area contributed by atoms with Crippen LogP contribution in [0.5, 0.6) is 0 Å². The van der Waals surface area contributed by atoms with E-state index < -0.39 is 17.8 Å². The van der Waals surface area contributed by atoms with Gasteiger partial charge in [0.1, 0.15) is 11.9 Å². The first-order valence-electron chi connectivity index (χ1n) is 7.17. The van der Waals surface area contributed by atoms with E-state index in [2.05, 4.69) is 5.32 Å². The Morgan fingerprint density at radius 1 is 1.41 bits per heavy atom. The lowest BCUT2D eigenvalue weighted by Crippen LogP contribution is -2.47. The van der Waals surface area contributed by atoms with Gasteiger partial charge in [-0.3, -0.25) is 9.59 Å². The van der Waals surface area contributed by atoms with Crippen LogP contribution in [0.1, 0.15) is 23.2 Å². The molecule has 1 saturated carbocycles. The Morgan fingerprint density at radius 2 is 2.18 bits per heavy atom. The van der Waals surface area contributed by atoms with Gasteiger partial charge in [0.2, 0.25) is 5.91 Å². The maximum Gasteiger partial charge on any atom is 0.258 e. The first kappa shape index (κ1) is 15.6. The molecule has 7 heteroatoms. The van der Waals surface area contributed by atoms with E-state index in [9.17, 15) is 14.0 Å². The lowest BCUT2D eigenvalue weighted by Gasteiger charge is -2.23. The van der Waals surface area contributed by atoms with E-state index in [1.54, 1.807) is 0 Å². The molecule has 3 rings (SSSR count). The third-order valence-electron chi connectivity index (χ3n) is 3.87. The molecule has 4 nitrogen and oxygen atoms in total. The summed E-state index contributed by atoms with van der Waals surface area (Å²) in [6.45, 7) is 0.664. The fraction of sp³-hybridized carbons (Fsp3) is 0.467. The van der Waals surface area contributed by atoms with Crippen LogP contribution in [0.15, 0.2) is 18.2 Å². The first-order chi connectivity index (χ1) is 10.6. The minimum atomic E-state index is -0.661. The van der Waals surface area contributed by atoms with Gasteiger partial charge in [-0.05, 0) is 37.0 Å². The van der Waals surface area contributed by atoms with Crippen molar-refractivity contribution in [1.82, 2.24) is 10.2 Å². The number of nitrogens with zero attached hydrogens (tertiary/aromatic N) is 1. The summed E-state index contributed by atoms with van der Waals surface area (Å²) in [4.78, 5) is 26.2. The number of thioether (sulfide) groups is 1. The van der Waals surface area contributed by atoms with Gasteiger partial charge in [0, 0.05) is 17.3 Å². The van der Waals surface area contributed by atoms with Gasteiger partial charge in [-0.15, -0.1) is 11.8 Å². The molecule has 1 aromatic carbocycles. The zero-order chi connectivity index (χ0) is 15.7. The SMILES string of the molecule is O=C(NCC1CC1)[C@H]1CSCN1C(=O)c1ccc(Cl)cc1F. The summed E-state index contributed by atoms with van der Waals surface area (Å²) < 4.78 is 13.9. The summed E-state index contributed by atoms with van der Waals surface area (Å²) in [5, 5.41) is 3.12. The molecule has 0 unspecified atom stereocenters. The predicted molar refractivity (Wildman–Crippen MR) is 84.4 cm³/mol. The first-order valence-corrected chi connectivity index (χ1v) is 8.71. The monoisotopic (exact) mass is 342 g/mol. The van der Waals surface area contributed by atoms with Crippen molar-refractivity contribution in [2.75, 3.05) is 18.2 Å². The van der Waals surface area contributed by atoms with Gasteiger partial charge in [-0.25, -0.2) is 4.39 Å². The highest BCUT2D eigenvalue weighted by Gasteiger charge is 2.36. The summed E-state index contributed by atoms with van der Waals surface area (Å²) in [7, 11) is 0. The second-order valence-electron chi connectivity index (χ2n) is 5.60. The number of carbonyl (C=O) groups excluding carboxylic acids is 2. The van der Waals surface area contributed by atoms with Gasteiger partial charge in [-0.2, -0.15) is 0 Å². The van der Waals surface area contributed by atoms with E-state index in [1.807, 2.05) is 0 Å². The second-order valence-corrected chi connectivity index (χ2v) is 7.04. The zero-order valence-electron chi connectivity index (χ0n) is 11.9. The minimum Gasteiger partial charge on any atom is -0.354 e. The molecule has 1 aliphatic carbocycles. The van der Waals surface area contributed by atoms with Crippen LogP contribution in [0.2, 0.25) is 5.02 Å².